The third-order valence-electron chi connectivity index (χ3n) is 5.25. The molecule has 0 unspecified atom stereocenters. The second-order valence-corrected chi connectivity index (χ2v) is 7.41. The van der Waals surface area contributed by atoms with Gasteiger partial charge >= 0.3 is 5.97 Å². The van der Waals surface area contributed by atoms with Crippen LogP contribution in [0.25, 0.3) is 0 Å². The molecule has 0 aromatic rings. The molecule has 0 aromatic heterocycles. The molecule has 146 valence electrons. The Morgan fingerprint density at radius 1 is 1.08 bits per heavy atom. The lowest BCUT2D eigenvalue weighted by Gasteiger charge is -2.21. The van der Waals surface area contributed by atoms with Gasteiger partial charge in [0.15, 0.2) is 0 Å². The lowest BCUT2D eigenvalue weighted by Crippen LogP contribution is -2.21. The van der Waals surface area contributed by atoms with Crippen LogP contribution in [0.15, 0.2) is 12.2 Å². The molecule has 5 heteroatoms. The molecule has 0 amide bonds. The Kier molecular flexibility index (Phi) is 11.0. The first-order valence-corrected chi connectivity index (χ1v) is 9.90. The van der Waals surface area contributed by atoms with Crippen LogP contribution in [0.2, 0.25) is 0 Å². The van der Waals surface area contributed by atoms with Gasteiger partial charge in [0.1, 0.15) is 0 Å². The molecule has 0 bridgehead atoms. The molecule has 1 fully saturated rings. The summed E-state index contributed by atoms with van der Waals surface area (Å²) < 4.78 is 0. The predicted octanol–water partition coefficient (Wildman–Crippen LogP) is 3.27. The van der Waals surface area contributed by atoms with Crippen LogP contribution in [0, 0.1) is 11.8 Å². The van der Waals surface area contributed by atoms with Gasteiger partial charge in [0.05, 0.1) is 18.3 Å². The second kappa shape index (κ2) is 12.4. The molecule has 0 aliphatic heterocycles. The fourth-order valence-electron chi connectivity index (χ4n) is 3.74. The molecule has 0 spiro atoms. The summed E-state index contributed by atoms with van der Waals surface area (Å²) in [7, 11) is 0. The summed E-state index contributed by atoms with van der Waals surface area (Å²) in [6, 6.07) is 0. The third kappa shape index (κ3) is 8.84. The number of rotatable bonds is 13. The van der Waals surface area contributed by atoms with Crippen LogP contribution in [0.4, 0.5) is 0 Å². The van der Waals surface area contributed by atoms with Gasteiger partial charge in [-0.1, -0.05) is 57.6 Å². The molecule has 1 aliphatic rings. The van der Waals surface area contributed by atoms with E-state index in [-0.39, 0.29) is 18.3 Å². The molecule has 4 N–H and O–H groups in total. The number of unbranched alkanes of at least 4 members (excludes halogenated alkanes) is 5. The van der Waals surface area contributed by atoms with Crippen molar-refractivity contribution in [1.82, 2.24) is 0 Å². The zero-order chi connectivity index (χ0) is 18.7. The monoisotopic (exact) mass is 356 g/mol. The predicted molar refractivity (Wildman–Crippen MR) is 98.2 cm³/mol. The van der Waals surface area contributed by atoms with E-state index in [1.165, 1.54) is 0 Å². The van der Waals surface area contributed by atoms with Crippen LogP contribution in [0.3, 0.4) is 0 Å². The van der Waals surface area contributed by atoms with Crippen molar-refractivity contribution in [3.05, 3.63) is 12.2 Å². The topological polar surface area (TPSA) is 98.0 Å². The summed E-state index contributed by atoms with van der Waals surface area (Å²) in [6.45, 7) is 2.13. The quantitative estimate of drug-likeness (QED) is 0.300. The summed E-state index contributed by atoms with van der Waals surface area (Å²) in [4.78, 5) is 10.5. The minimum Gasteiger partial charge on any atom is -0.481 e. The van der Waals surface area contributed by atoms with Gasteiger partial charge in [0.25, 0.3) is 0 Å². The summed E-state index contributed by atoms with van der Waals surface area (Å²) in [5.74, 6) is -0.833. The largest absolute Gasteiger partial charge is 0.481 e. The van der Waals surface area contributed by atoms with E-state index in [0.717, 1.165) is 51.4 Å². The molecule has 1 rings (SSSR count). The highest BCUT2D eigenvalue weighted by atomic mass is 16.4. The van der Waals surface area contributed by atoms with Crippen LogP contribution >= 0.6 is 0 Å². The molecule has 0 heterocycles. The zero-order valence-electron chi connectivity index (χ0n) is 15.5. The normalized spacial score (nSPS) is 27.8. The molecule has 5 nitrogen and oxygen atoms in total. The van der Waals surface area contributed by atoms with Gasteiger partial charge in [-0.05, 0) is 25.2 Å². The summed E-state index contributed by atoms with van der Waals surface area (Å²) >= 11 is 0. The maximum absolute atomic E-state index is 10.5. The molecular formula is C20H36O5. The summed E-state index contributed by atoms with van der Waals surface area (Å²) in [5, 5.41) is 39.0. The lowest BCUT2D eigenvalue weighted by atomic mass is 9.88. The van der Waals surface area contributed by atoms with E-state index in [1.54, 1.807) is 6.08 Å². The van der Waals surface area contributed by atoms with E-state index in [0.29, 0.717) is 12.8 Å². The van der Waals surface area contributed by atoms with Crippen LogP contribution < -0.4 is 0 Å². The van der Waals surface area contributed by atoms with Crippen molar-refractivity contribution < 1.29 is 25.2 Å². The minimum atomic E-state index is -0.753. The molecular weight excluding hydrogens is 320 g/mol. The SMILES string of the molecule is CCCCC[C@@H](O)/C=C/[C@@H]1[C@H](CCCCCCC(=O)O)[C@H](O)C[C@H]1O. The first-order chi connectivity index (χ1) is 12.0. The van der Waals surface area contributed by atoms with E-state index in [2.05, 4.69) is 6.92 Å². The Bertz CT molecular complexity index is 396. The first-order valence-electron chi connectivity index (χ1n) is 9.90. The number of carboxylic acids is 1. The van der Waals surface area contributed by atoms with Crippen LogP contribution in [-0.4, -0.2) is 44.7 Å². The van der Waals surface area contributed by atoms with Crippen molar-refractivity contribution in [3.8, 4) is 0 Å². The molecule has 0 saturated heterocycles. The molecule has 1 saturated carbocycles. The number of carbonyl (C=O) groups is 1. The number of aliphatic carboxylic acids is 1. The van der Waals surface area contributed by atoms with Gasteiger partial charge < -0.3 is 20.4 Å². The van der Waals surface area contributed by atoms with Crippen molar-refractivity contribution in [1.29, 1.82) is 0 Å². The summed E-state index contributed by atoms with van der Waals surface area (Å²) in [6.07, 6.45) is 11.0. The number of hydrogen-bond acceptors (Lipinski definition) is 4. The van der Waals surface area contributed by atoms with Crippen molar-refractivity contribution in [3.63, 3.8) is 0 Å². The molecule has 25 heavy (non-hydrogen) atoms. The fourth-order valence-corrected chi connectivity index (χ4v) is 3.74. The smallest absolute Gasteiger partial charge is 0.303 e. The van der Waals surface area contributed by atoms with Gasteiger partial charge in [-0.25, -0.2) is 0 Å². The Hall–Kier alpha value is -0.910. The highest BCUT2D eigenvalue weighted by molar-refractivity contribution is 5.66. The maximum atomic E-state index is 10.5. The van der Waals surface area contributed by atoms with Crippen molar-refractivity contribution in [2.75, 3.05) is 0 Å². The van der Waals surface area contributed by atoms with E-state index >= 15 is 0 Å². The lowest BCUT2D eigenvalue weighted by molar-refractivity contribution is -0.137. The number of aliphatic hydroxyl groups excluding tert-OH is 3. The van der Waals surface area contributed by atoms with Gasteiger partial charge in [-0.15, -0.1) is 0 Å². The number of carboxylic acid groups (broad SMARTS) is 1. The van der Waals surface area contributed by atoms with Gasteiger partial charge in [0, 0.05) is 18.8 Å². The zero-order valence-corrected chi connectivity index (χ0v) is 15.5. The number of hydrogen-bond donors (Lipinski definition) is 4. The third-order valence-corrected chi connectivity index (χ3v) is 5.25. The van der Waals surface area contributed by atoms with Crippen LogP contribution in [0.1, 0.15) is 77.6 Å². The van der Waals surface area contributed by atoms with E-state index < -0.39 is 24.3 Å². The molecule has 0 aromatic carbocycles. The fraction of sp³-hybridized carbons (Fsp3) is 0.850. The average Bonchev–Trinajstić information content (AvgIpc) is 2.82. The second-order valence-electron chi connectivity index (χ2n) is 7.41. The molecule has 5 atom stereocenters. The van der Waals surface area contributed by atoms with E-state index in [1.807, 2.05) is 6.08 Å². The minimum absolute atomic E-state index is 0.0218. The van der Waals surface area contributed by atoms with E-state index in [4.69, 9.17) is 5.11 Å². The maximum Gasteiger partial charge on any atom is 0.303 e. The Labute approximate surface area is 151 Å². The highest BCUT2D eigenvalue weighted by Gasteiger charge is 2.39. The average molecular weight is 357 g/mol. The highest BCUT2D eigenvalue weighted by Crippen LogP contribution is 2.37. The molecule has 0 radical (unpaired) electrons. The summed E-state index contributed by atoms with van der Waals surface area (Å²) in [5.41, 5.74) is 0. The van der Waals surface area contributed by atoms with Crippen LogP contribution in [-0.2, 0) is 4.79 Å². The van der Waals surface area contributed by atoms with E-state index in [9.17, 15) is 20.1 Å². The van der Waals surface area contributed by atoms with Crippen molar-refractivity contribution in [2.24, 2.45) is 11.8 Å². The van der Waals surface area contributed by atoms with Crippen molar-refractivity contribution >= 4 is 5.97 Å². The van der Waals surface area contributed by atoms with Gasteiger partial charge in [0.2, 0.25) is 0 Å². The Morgan fingerprint density at radius 3 is 2.48 bits per heavy atom. The van der Waals surface area contributed by atoms with Crippen molar-refractivity contribution in [2.45, 2.75) is 95.9 Å². The molecule has 1 aliphatic carbocycles. The Balaban J connectivity index is 2.38. The Morgan fingerprint density at radius 2 is 1.80 bits per heavy atom. The van der Waals surface area contributed by atoms with Gasteiger partial charge in [-0.3, -0.25) is 4.79 Å². The van der Waals surface area contributed by atoms with Gasteiger partial charge in [-0.2, -0.15) is 0 Å². The standard InChI is InChI=1S/C20H36O5/c1-2-3-6-9-15(21)12-13-17-16(18(22)14-19(17)23)10-7-4-5-8-11-20(24)25/h12-13,15-19,21-23H,2-11,14H2,1H3,(H,24,25)/b13-12+/t15-,16+,17-,18-,19-/m1/s1. The number of aliphatic hydroxyl groups is 3. The first kappa shape index (κ1) is 22.1. The van der Waals surface area contributed by atoms with Crippen LogP contribution in [0.5, 0.6) is 0 Å².